The number of hydrogen-bond donors (Lipinski definition) is 1. The van der Waals surface area contributed by atoms with Crippen LogP contribution in [0, 0.1) is 11.8 Å². The third-order valence-electron chi connectivity index (χ3n) is 7.91. The predicted molar refractivity (Wildman–Crippen MR) is 128 cm³/mol. The fraction of sp³-hybridized carbons (Fsp3) is 0.379. The Morgan fingerprint density at radius 1 is 0.939 bits per heavy atom. The van der Waals surface area contributed by atoms with Gasteiger partial charge in [-0.05, 0) is 91.5 Å². The summed E-state index contributed by atoms with van der Waals surface area (Å²) in [5, 5.41) is 3.10. The molecule has 0 aliphatic heterocycles. The van der Waals surface area contributed by atoms with Crippen LogP contribution in [0.2, 0.25) is 0 Å². The molecule has 4 heteroatoms. The van der Waals surface area contributed by atoms with Crippen molar-refractivity contribution in [3.8, 4) is 5.75 Å². The number of amides is 1. The molecule has 4 nitrogen and oxygen atoms in total. The van der Waals surface area contributed by atoms with E-state index < -0.39 is 0 Å². The molecule has 1 heterocycles. The summed E-state index contributed by atoms with van der Waals surface area (Å²) in [7, 11) is 0. The van der Waals surface area contributed by atoms with Crippen LogP contribution in [0.25, 0.3) is 0 Å². The highest BCUT2D eigenvalue weighted by molar-refractivity contribution is 5.94. The van der Waals surface area contributed by atoms with Gasteiger partial charge in [0.15, 0.2) is 0 Å². The minimum atomic E-state index is 0.0356. The molecular formula is C29H30N2O2. The number of nitrogens with zero attached hydrogens (tertiary/aromatic N) is 1. The van der Waals surface area contributed by atoms with Crippen LogP contribution < -0.4 is 10.1 Å². The van der Waals surface area contributed by atoms with Crippen LogP contribution in [0.1, 0.15) is 65.7 Å². The summed E-state index contributed by atoms with van der Waals surface area (Å²) < 4.78 is 5.98. The Hall–Kier alpha value is -3.14. The van der Waals surface area contributed by atoms with Gasteiger partial charge in [-0.15, -0.1) is 0 Å². The van der Waals surface area contributed by atoms with Crippen molar-refractivity contribution in [2.24, 2.45) is 11.8 Å². The molecule has 3 atom stereocenters. The molecule has 168 valence electrons. The molecule has 33 heavy (non-hydrogen) atoms. The van der Waals surface area contributed by atoms with Crippen LogP contribution in [0.3, 0.4) is 0 Å². The minimum Gasteiger partial charge on any atom is -0.487 e. The van der Waals surface area contributed by atoms with Crippen molar-refractivity contribution in [3.05, 3.63) is 95.3 Å². The number of pyridine rings is 1. The highest BCUT2D eigenvalue weighted by Crippen LogP contribution is 2.60. The number of fused-ring (bicyclic) bond motifs is 2. The van der Waals surface area contributed by atoms with E-state index >= 15 is 0 Å². The lowest BCUT2D eigenvalue weighted by Crippen LogP contribution is -2.34. The highest BCUT2D eigenvalue weighted by atomic mass is 16.5. The van der Waals surface area contributed by atoms with Crippen molar-refractivity contribution >= 4 is 5.91 Å². The van der Waals surface area contributed by atoms with E-state index in [2.05, 4.69) is 46.7 Å². The van der Waals surface area contributed by atoms with Crippen LogP contribution in [0.4, 0.5) is 0 Å². The molecule has 6 rings (SSSR count). The van der Waals surface area contributed by atoms with Crippen molar-refractivity contribution in [3.63, 3.8) is 0 Å². The predicted octanol–water partition coefficient (Wildman–Crippen LogP) is 5.66. The number of aromatic nitrogens is 1. The first-order valence-electron chi connectivity index (χ1n) is 12.3. The first-order chi connectivity index (χ1) is 16.2. The van der Waals surface area contributed by atoms with E-state index in [1.54, 1.807) is 6.20 Å². The third kappa shape index (κ3) is 3.92. The first-order valence-corrected chi connectivity index (χ1v) is 12.3. The van der Waals surface area contributed by atoms with Crippen LogP contribution in [-0.2, 0) is 12.0 Å². The minimum absolute atomic E-state index is 0.0356. The molecule has 2 aromatic carbocycles. The van der Waals surface area contributed by atoms with Gasteiger partial charge in [-0.2, -0.15) is 0 Å². The zero-order valence-electron chi connectivity index (χ0n) is 18.9. The van der Waals surface area contributed by atoms with Crippen molar-refractivity contribution in [1.82, 2.24) is 10.3 Å². The van der Waals surface area contributed by atoms with Crippen LogP contribution in [0.15, 0.2) is 72.9 Å². The van der Waals surface area contributed by atoms with Gasteiger partial charge in [0.2, 0.25) is 0 Å². The summed E-state index contributed by atoms with van der Waals surface area (Å²) in [6, 6.07) is 23.4. The Bertz CT molecular complexity index is 1120. The number of benzene rings is 2. The molecule has 0 spiro atoms. The molecule has 1 N–H and O–H groups in total. The zero-order valence-corrected chi connectivity index (χ0v) is 18.9. The molecule has 3 fully saturated rings. The molecule has 0 radical (unpaired) electrons. The molecule has 2 bridgehead atoms. The van der Waals surface area contributed by atoms with Gasteiger partial charge in [0, 0.05) is 23.2 Å². The van der Waals surface area contributed by atoms with Gasteiger partial charge in [-0.25, -0.2) is 0 Å². The summed E-state index contributed by atoms with van der Waals surface area (Å²) >= 11 is 0. The maximum Gasteiger partial charge on any atom is 0.251 e. The Labute approximate surface area is 195 Å². The molecule has 0 unspecified atom stereocenters. The average Bonchev–Trinajstić information content (AvgIpc) is 3.44. The number of carbonyl (C=O) groups is 1. The summed E-state index contributed by atoms with van der Waals surface area (Å²) in [6.07, 6.45) is 9.14. The maximum absolute atomic E-state index is 12.5. The Morgan fingerprint density at radius 2 is 1.70 bits per heavy atom. The Kier molecular flexibility index (Phi) is 5.17. The van der Waals surface area contributed by atoms with E-state index in [9.17, 15) is 4.79 Å². The van der Waals surface area contributed by atoms with Gasteiger partial charge in [0.1, 0.15) is 12.4 Å². The highest BCUT2D eigenvalue weighted by Gasteiger charge is 2.52. The molecule has 1 amide bonds. The van der Waals surface area contributed by atoms with Crippen molar-refractivity contribution in [1.29, 1.82) is 0 Å². The van der Waals surface area contributed by atoms with Gasteiger partial charge in [-0.1, -0.05) is 36.8 Å². The van der Waals surface area contributed by atoms with Gasteiger partial charge in [0.25, 0.3) is 5.91 Å². The fourth-order valence-corrected chi connectivity index (χ4v) is 6.11. The van der Waals surface area contributed by atoms with E-state index in [1.165, 1.54) is 36.8 Å². The van der Waals surface area contributed by atoms with E-state index in [0.717, 1.165) is 35.8 Å². The Morgan fingerprint density at radius 3 is 2.30 bits per heavy atom. The van der Waals surface area contributed by atoms with E-state index in [1.807, 2.05) is 30.3 Å². The lowest BCUT2D eigenvalue weighted by atomic mass is 9.64. The molecular weight excluding hydrogens is 408 g/mol. The number of hydrogen-bond acceptors (Lipinski definition) is 3. The number of rotatable bonds is 7. The summed E-state index contributed by atoms with van der Waals surface area (Å²) in [5.41, 5.74) is 4.45. The normalized spacial score (nSPS) is 25.7. The molecule has 3 aliphatic carbocycles. The maximum atomic E-state index is 12.5. The van der Waals surface area contributed by atoms with E-state index in [0.29, 0.717) is 18.6 Å². The first kappa shape index (κ1) is 20.5. The number of nitrogens with one attached hydrogen (secondary N) is 1. The van der Waals surface area contributed by atoms with Crippen LogP contribution in [-0.4, -0.2) is 16.9 Å². The summed E-state index contributed by atoms with van der Waals surface area (Å²) in [6.45, 7) is 0.473. The molecule has 1 aromatic heterocycles. The second-order valence-corrected chi connectivity index (χ2v) is 10.0. The smallest absolute Gasteiger partial charge is 0.251 e. The van der Waals surface area contributed by atoms with Gasteiger partial charge < -0.3 is 10.1 Å². The second kappa shape index (κ2) is 8.33. The van der Waals surface area contributed by atoms with Crippen molar-refractivity contribution in [2.75, 3.05) is 0 Å². The van der Waals surface area contributed by atoms with Crippen molar-refractivity contribution in [2.45, 2.75) is 56.6 Å². The third-order valence-corrected chi connectivity index (χ3v) is 7.91. The summed E-state index contributed by atoms with van der Waals surface area (Å²) in [5.74, 6) is 2.39. The van der Waals surface area contributed by atoms with Gasteiger partial charge in [0.05, 0.1) is 5.69 Å². The van der Waals surface area contributed by atoms with E-state index in [4.69, 9.17) is 4.74 Å². The number of carbonyl (C=O) groups excluding carboxylic acids is 1. The average molecular weight is 439 g/mol. The SMILES string of the molecule is O=C(NC1CC1)c1ccc([C@]2(c3ccc(OCc4ccccn4)cc3)C[C@@H]3CC[C@H]2C3)cc1. The zero-order chi connectivity index (χ0) is 22.3. The van der Waals surface area contributed by atoms with E-state index in [-0.39, 0.29) is 11.3 Å². The monoisotopic (exact) mass is 438 g/mol. The molecule has 3 saturated carbocycles. The lowest BCUT2D eigenvalue weighted by molar-refractivity contribution is 0.0951. The quantitative estimate of drug-likeness (QED) is 0.518. The molecule has 3 aliphatic rings. The second-order valence-electron chi connectivity index (χ2n) is 10.0. The summed E-state index contributed by atoms with van der Waals surface area (Å²) in [4.78, 5) is 16.8. The van der Waals surface area contributed by atoms with Crippen LogP contribution in [0.5, 0.6) is 5.75 Å². The van der Waals surface area contributed by atoms with Crippen molar-refractivity contribution < 1.29 is 9.53 Å². The fourth-order valence-electron chi connectivity index (χ4n) is 6.11. The van der Waals surface area contributed by atoms with Gasteiger partial charge in [-0.3, -0.25) is 9.78 Å². The lowest BCUT2D eigenvalue weighted by Gasteiger charge is -2.39. The topological polar surface area (TPSA) is 51.2 Å². The molecule has 0 saturated heterocycles. The Balaban J connectivity index is 1.25. The number of ether oxygens (including phenoxy) is 1. The van der Waals surface area contributed by atoms with Crippen LogP contribution >= 0.6 is 0 Å². The van der Waals surface area contributed by atoms with Gasteiger partial charge >= 0.3 is 0 Å². The molecule has 3 aromatic rings. The largest absolute Gasteiger partial charge is 0.487 e. The standard InChI is InChI=1S/C29H30N2O2/c32-28(31-25-12-13-25)21-5-8-22(9-6-21)29(18-20-4-7-24(29)17-20)23-10-14-27(15-11-23)33-19-26-3-1-2-16-30-26/h1-3,5-6,8-11,14-16,20,24-25H,4,7,12-13,17-19H2,(H,31,32)/t20-,24+,29+/m1/s1.